The summed E-state index contributed by atoms with van der Waals surface area (Å²) in [7, 11) is 1.54. The first-order chi connectivity index (χ1) is 14.4. The minimum Gasteiger partial charge on any atom is -0.479 e. The zero-order valence-corrected chi connectivity index (χ0v) is 17.7. The fraction of sp³-hybridized carbons (Fsp3) is 0.435. The maximum absolute atomic E-state index is 12.6. The molecule has 2 heterocycles. The van der Waals surface area contributed by atoms with E-state index in [1.807, 2.05) is 24.4 Å². The number of rotatable bonds is 7. The standard InChI is InChI=1S/C23H28N4O3/c1-23(2)12-19(25-21(28)10-9-17-11-22(29-3)26-30-17)18-14-24-27(20(18)13-23)15-16-7-5-4-6-8-16/h4-8,11,14,19H,9-10,12-13,15H2,1-3H3,(H,25,28). The van der Waals surface area contributed by atoms with Gasteiger partial charge in [-0.15, -0.1) is 0 Å². The zero-order chi connectivity index (χ0) is 21.1. The molecule has 30 heavy (non-hydrogen) atoms. The minimum absolute atomic E-state index is 0.00479. The van der Waals surface area contributed by atoms with Gasteiger partial charge in [-0.1, -0.05) is 44.2 Å². The summed E-state index contributed by atoms with van der Waals surface area (Å²) in [5.74, 6) is 1.06. The van der Waals surface area contributed by atoms with Crippen LogP contribution in [0.25, 0.3) is 0 Å². The maximum Gasteiger partial charge on any atom is 0.254 e. The summed E-state index contributed by atoms with van der Waals surface area (Å²) >= 11 is 0. The lowest BCUT2D eigenvalue weighted by Gasteiger charge is -2.36. The number of nitrogens with one attached hydrogen (secondary N) is 1. The molecule has 1 aromatic carbocycles. The van der Waals surface area contributed by atoms with Crippen molar-refractivity contribution in [1.29, 1.82) is 0 Å². The van der Waals surface area contributed by atoms with Crippen LogP contribution in [0.2, 0.25) is 0 Å². The summed E-state index contributed by atoms with van der Waals surface area (Å²) in [6, 6.07) is 12.0. The van der Waals surface area contributed by atoms with Gasteiger partial charge in [0.25, 0.3) is 5.88 Å². The van der Waals surface area contributed by atoms with Gasteiger partial charge in [-0.05, 0) is 29.0 Å². The molecular weight excluding hydrogens is 380 g/mol. The van der Waals surface area contributed by atoms with Gasteiger partial charge in [0.1, 0.15) is 5.76 Å². The molecule has 0 aliphatic heterocycles. The monoisotopic (exact) mass is 408 g/mol. The van der Waals surface area contributed by atoms with Crippen LogP contribution in [0, 0.1) is 5.41 Å². The Kier molecular flexibility index (Phi) is 5.61. The molecule has 4 rings (SSSR count). The van der Waals surface area contributed by atoms with Crippen LogP contribution in [0.4, 0.5) is 0 Å². The number of benzene rings is 1. The van der Waals surface area contributed by atoms with Gasteiger partial charge in [0, 0.05) is 30.2 Å². The van der Waals surface area contributed by atoms with Crippen molar-refractivity contribution in [2.24, 2.45) is 5.41 Å². The highest BCUT2D eigenvalue weighted by atomic mass is 16.5. The van der Waals surface area contributed by atoms with E-state index in [0.29, 0.717) is 24.5 Å². The Morgan fingerprint density at radius 1 is 1.33 bits per heavy atom. The van der Waals surface area contributed by atoms with E-state index in [1.165, 1.54) is 18.4 Å². The van der Waals surface area contributed by atoms with Crippen molar-refractivity contribution in [3.63, 3.8) is 0 Å². The molecule has 0 fully saturated rings. The minimum atomic E-state index is -0.0370. The van der Waals surface area contributed by atoms with Gasteiger partial charge in [-0.3, -0.25) is 9.48 Å². The summed E-state index contributed by atoms with van der Waals surface area (Å²) in [5, 5.41) is 11.6. The van der Waals surface area contributed by atoms with Gasteiger partial charge in [0.15, 0.2) is 0 Å². The number of methoxy groups -OCH3 is 1. The third kappa shape index (κ3) is 4.56. The lowest BCUT2D eigenvalue weighted by molar-refractivity contribution is -0.122. The second-order valence-electron chi connectivity index (χ2n) is 8.69. The number of hydrogen-bond acceptors (Lipinski definition) is 5. The Morgan fingerprint density at radius 3 is 2.87 bits per heavy atom. The molecule has 2 aromatic heterocycles. The Morgan fingerprint density at radius 2 is 2.13 bits per heavy atom. The van der Waals surface area contributed by atoms with E-state index >= 15 is 0 Å². The molecule has 1 amide bonds. The molecule has 0 saturated carbocycles. The van der Waals surface area contributed by atoms with E-state index in [-0.39, 0.29) is 17.4 Å². The fourth-order valence-corrected chi connectivity index (χ4v) is 4.13. The molecular formula is C23H28N4O3. The number of fused-ring (bicyclic) bond motifs is 1. The fourth-order valence-electron chi connectivity index (χ4n) is 4.13. The lowest BCUT2D eigenvalue weighted by Crippen LogP contribution is -2.37. The van der Waals surface area contributed by atoms with Crippen LogP contribution in [0.5, 0.6) is 5.88 Å². The zero-order valence-electron chi connectivity index (χ0n) is 17.7. The van der Waals surface area contributed by atoms with E-state index < -0.39 is 0 Å². The molecule has 0 spiro atoms. The van der Waals surface area contributed by atoms with Crippen molar-refractivity contribution in [2.75, 3.05) is 7.11 Å². The Labute approximate surface area is 176 Å². The normalized spacial score (nSPS) is 17.4. The van der Waals surface area contributed by atoms with E-state index in [4.69, 9.17) is 9.26 Å². The quantitative estimate of drug-likeness (QED) is 0.645. The van der Waals surface area contributed by atoms with Crippen molar-refractivity contribution >= 4 is 5.91 Å². The Balaban J connectivity index is 1.45. The van der Waals surface area contributed by atoms with E-state index in [0.717, 1.165) is 24.9 Å². The molecule has 1 unspecified atom stereocenters. The average molecular weight is 409 g/mol. The number of aromatic nitrogens is 3. The predicted molar refractivity (Wildman–Crippen MR) is 112 cm³/mol. The number of ether oxygens (including phenoxy) is 1. The van der Waals surface area contributed by atoms with Crippen molar-refractivity contribution in [1.82, 2.24) is 20.3 Å². The average Bonchev–Trinajstić information content (AvgIpc) is 3.34. The number of amides is 1. The van der Waals surface area contributed by atoms with Gasteiger partial charge in [0.2, 0.25) is 5.91 Å². The molecule has 1 aliphatic carbocycles. The van der Waals surface area contributed by atoms with E-state index in [2.05, 4.69) is 46.2 Å². The van der Waals surface area contributed by atoms with Crippen LogP contribution < -0.4 is 10.1 Å². The van der Waals surface area contributed by atoms with E-state index in [1.54, 1.807) is 6.07 Å². The summed E-state index contributed by atoms with van der Waals surface area (Å²) in [6.45, 7) is 5.23. The van der Waals surface area contributed by atoms with Gasteiger partial charge in [-0.2, -0.15) is 5.10 Å². The first kappa shape index (κ1) is 20.2. The van der Waals surface area contributed by atoms with Gasteiger partial charge >= 0.3 is 0 Å². The first-order valence-corrected chi connectivity index (χ1v) is 10.3. The highest BCUT2D eigenvalue weighted by Gasteiger charge is 2.35. The second-order valence-corrected chi connectivity index (χ2v) is 8.69. The topological polar surface area (TPSA) is 82.2 Å². The van der Waals surface area contributed by atoms with Crippen molar-refractivity contribution in [3.05, 3.63) is 65.2 Å². The number of carbonyl (C=O) groups excluding carboxylic acids is 1. The number of nitrogens with zero attached hydrogens (tertiary/aromatic N) is 3. The number of carbonyl (C=O) groups is 1. The smallest absolute Gasteiger partial charge is 0.254 e. The molecule has 1 N–H and O–H groups in total. The highest BCUT2D eigenvalue weighted by molar-refractivity contribution is 5.76. The summed E-state index contributed by atoms with van der Waals surface area (Å²) < 4.78 is 12.3. The van der Waals surface area contributed by atoms with E-state index in [9.17, 15) is 4.79 Å². The summed E-state index contributed by atoms with van der Waals surface area (Å²) in [6.07, 6.45) is 4.57. The van der Waals surface area contributed by atoms with Gasteiger partial charge in [0.05, 0.1) is 25.9 Å². The van der Waals surface area contributed by atoms with Crippen LogP contribution in [-0.2, 0) is 24.2 Å². The molecule has 0 saturated heterocycles. The van der Waals surface area contributed by atoms with Crippen molar-refractivity contribution < 1.29 is 14.1 Å². The van der Waals surface area contributed by atoms with Crippen LogP contribution in [0.1, 0.15) is 55.3 Å². The number of hydrogen-bond donors (Lipinski definition) is 1. The Bertz CT molecular complexity index is 1010. The first-order valence-electron chi connectivity index (χ1n) is 10.3. The van der Waals surface area contributed by atoms with Crippen molar-refractivity contribution in [2.45, 2.75) is 52.1 Å². The Hall–Kier alpha value is -3.09. The third-order valence-electron chi connectivity index (χ3n) is 5.61. The molecule has 0 radical (unpaired) electrons. The SMILES string of the molecule is COc1cc(CCC(=O)NC2CC(C)(C)Cc3c2cnn3Cc2ccccc2)on1. The van der Waals surface area contributed by atoms with Gasteiger partial charge in [-0.25, -0.2) is 0 Å². The molecule has 7 heteroatoms. The van der Waals surface area contributed by atoms with Crippen molar-refractivity contribution in [3.8, 4) is 5.88 Å². The van der Waals surface area contributed by atoms with Crippen LogP contribution >= 0.6 is 0 Å². The molecule has 0 bridgehead atoms. The maximum atomic E-state index is 12.6. The molecule has 158 valence electrons. The molecule has 1 aliphatic rings. The predicted octanol–water partition coefficient (Wildman–Crippen LogP) is 3.69. The lowest BCUT2D eigenvalue weighted by atomic mass is 9.74. The highest BCUT2D eigenvalue weighted by Crippen LogP contribution is 2.40. The molecule has 1 atom stereocenters. The summed E-state index contributed by atoms with van der Waals surface area (Å²) in [5.41, 5.74) is 3.63. The van der Waals surface area contributed by atoms with Crippen LogP contribution in [-0.4, -0.2) is 28.0 Å². The largest absolute Gasteiger partial charge is 0.479 e. The number of aryl methyl sites for hydroxylation is 1. The summed E-state index contributed by atoms with van der Waals surface area (Å²) in [4.78, 5) is 12.6. The molecule has 7 nitrogen and oxygen atoms in total. The van der Waals surface area contributed by atoms with Crippen LogP contribution in [0.3, 0.4) is 0 Å². The molecule has 3 aromatic rings. The second kappa shape index (κ2) is 8.34. The van der Waals surface area contributed by atoms with Crippen LogP contribution in [0.15, 0.2) is 47.1 Å². The third-order valence-corrected chi connectivity index (χ3v) is 5.61. The van der Waals surface area contributed by atoms with Gasteiger partial charge < -0.3 is 14.6 Å².